The fourth-order valence-electron chi connectivity index (χ4n) is 2.88. The van der Waals surface area contributed by atoms with Gasteiger partial charge >= 0.3 is 0 Å². The summed E-state index contributed by atoms with van der Waals surface area (Å²) in [6.07, 6.45) is 2.49. The Morgan fingerprint density at radius 1 is 1.32 bits per heavy atom. The molecule has 1 aliphatic rings. The highest BCUT2D eigenvalue weighted by atomic mass is 35.5. The van der Waals surface area contributed by atoms with Crippen LogP contribution in [0.5, 0.6) is 0 Å². The van der Waals surface area contributed by atoms with Crippen LogP contribution in [0.3, 0.4) is 0 Å². The molecule has 1 aliphatic heterocycles. The Bertz CT molecular complexity index is 412. The molecule has 1 aromatic rings. The molecule has 0 radical (unpaired) electrons. The first-order valence-corrected chi connectivity index (χ1v) is 7.36. The van der Waals surface area contributed by atoms with Gasteiger partial charge in [-0.15, -0.1) is 0 Å². The Kier molecular flexibility index (Phi) is 5.08. The second-order valence-electron chi connectivity index (χ2n) is 5.67. The maximum absolute atomic E-state index is 6.12. The van der Waals surface area contributed by atoms with Gasteiger partial charge in [0.1, 0.15) is 0 Å². The number of hydrogen-bond donors (Lipinski definition) is 1. The van der Waals surface area contributed by atoms with Gasteiger partial charge in [-0.1, -0.05) is 17.7 Å². The van der Waals surface area contributed by atoms with Gasteiger partial charge in [-0.3, -0.25) is 0 Å². The Labute approximate surface area is 121 Å². The number of hydrogen-bond acceptors (Lipinski definition) is 3. The first-order chi connectivity index (χ1) is 9.10. The van der Waals surface area contributed by atoms with E-state index in [9.17, 15) is 0 Å². The minimum absolute atomic E-state index is 0.574. The highest BCUT2D eigenvalue weighted by Gasteiger charge is 2.21. The van der Waals surface area contributed by atoms with E-state index in [2.05, 4.69) is 30.0 Å². The Morgan fingerprint density at radius 3 is 2.58 bits per heavy atom. The van der Waals surface area contributed by atoms with E-state index >= 15 is 0 Å². The van der Waals surface area contributed by atoms with E-state index in [0.717, 1.165) is 24.0 Å². The van der Waals surface area contributed by atoms with Crippen LogP contribution < -0.4 is 10.6 Å². The highest BCUT2D eigenvalue weighted by molar-refractivity contribution is 6.30. The van der Waals surface area contributed by atoms with E-state index in [1.54, 1.807) is 0 Å². The van der Waals surface area contributed by atoms with Crippen molar-refractivity contribution in [2.75, 3.05) is 38.6 Å². The SMILES string of the molecule is CN(C)CC1CCN(c2cc(Cl)ccc2CN)CC1. The molecule has 0 aromatic heterocycles. The third kappa shape index (κ3) is 3.85. The lowest BCUT2D eigenvalue weighted by Gasteiger charge is -2.35. The van der Waals surface area contributed by atoms with Crippen LogP contribution in [-0.2, 0) is 6.54 Å². The van der Waals surface area contributed by atoms with Crippen molar-refractivity contribution >= 4 is 17.3 Å². The largest absolute Gasteiger partial charge is 0.371 e. The zero-order chi connectivity index (χ0) is 13.8. The lowest BCUT2D eigenvalue weighted by molar-refractivity contribution is 0.285. The van der Waals surface area contributed by atoms with Crippen molar-refractivity contribution in [3.63, 3.8) is 0 Å². The maximum atomic E-state index is 6.12. The van der Waals surface area contributed by atoms with Crippen molar-refractivity contribution in [1.82, 2.24) is 4.90 Å². The minimum Gasteiger partial charge on any atom is -0.371 e. The Hall–Kier alpha value is -0.770. The summed E-state index contributed by atoms with van der Waals surface area (Å²) in [4.78, 5) is 4.71. The molecule has 0 atom stereocenters. The van der Waals surface area contributed by atoms with Crippen LogP contribution >= 0.6 is 11.6 Å². The molecular formula is C15H24ClN3. The van der Waals surface area contributed by atoms with Crippen LogP contribution in [0.25, 0.3) is 0 Å². The number of halogens is 1. The van der Waals surface area contributed by atoms with Crippen LogP contribution in [0.2, 0.25) is 5.02 Å². The summed E-state index contributed by atoms with van der Waals surface area (Å²) < 4.78 is 0. The molecule has 0 saturated carbocycles. The first-order valence-electron chi connectivity index (χ1n) is 6.98. The van der Waals surface area contributed by atoms with E-state index in [0.29, 0.717) is 6.54 Å². The standard InChI is InChI=1S/C15H24ClN3/c1-18(2)11-12-5-7-19(8-6-12)15-9-14(16)4-3-13(15)10-17/h3-4,9,12H,5-8,10-11,17H2,1-2H3. The molecule has 2 N–H and O–H groups in total. The number of piperidine rings is 1. The lowest BCUT2D eigenvalue weighted by atomic mass is 9.95. The normalized spacial score (nSPS) is 17.2. The molecular weight excluding hydrogens is 258 g/mol. The van der Waals surface area contributed by atoms with Gasteiger partial charge in [0.15, 0.2) is 0 Å². The molecule has 106 valence electrons. The van der Waals surface area contributed by atoms with Gasteiger partial charge in [0.2, 0.25) is 0 Å². The topological polar surface area (TPSA) is 32.5 Å². The molecule has 1 fully saturated rings. The lowest BCUT2D eigenvalue weighted by Crippen LogP contribution is -2.37. The molecule has 1 saturated heterocycles. The summed E-state index contributed by atoms with van der Waals surface area (Å²) >= 11 is 6.12. The van der Waals surface area contributed by atoms with Crippen molar-refractivity contribution in [2.45, 2.75) is 19.4 Å². The molecule has 0 spiro atoms. The number of nitrogens with zero attached hydrogens (tertiary/aromatic N) is 2. The Balaban J connectivity index is 2.03. The predicted molar refractivity (Wildman–Crippen MR) is 82.8 cm³/mol. The number of rotatable bonds is 4. The van der Waals surface area contributed by atoms with Gasteiger partial charge < -0.3 is 15.5 Å². The summed E-state index contributed by atoms with van der Waals surface area (Å²) in [5.41, 5.74) is 8.24. The average molecular weight is 282 g/mol. The molecule has 1 heterocycles. The van der Waals surface area contributed by atoms with Crippen molar-refractivity contribution < 1.29 is 0 Å². The van der Waals surface area contributed by atoms with Crippen molar-refractivity contribution in [3.8, 4) is 0 Å². The first kappa shape index (κ1) is 14.6. The minimum atomic E-state index is 0.574. The molecule has 0 aliphatic carbocycles. The van der Waals surface area contributed by atoms with Gasteiger partial charge in [-0.25, -0.2) is 0 Å². The van der Waals surface area contributed by atoms with E-state index in [1.165, 1.54) is 30.6 Å². The zero-order valence-corrected chi connectivity index (χ0v) is 12.7. The third-order valence-electron chi connectivity index (χ3n) is 3.85. The van der Waals surface area contributed by atoms with E-state index in [4.69, 9.17) is 17.3 Å². The fourth-order valence-corrected chi connectivity index (χ4v) is 3.04. The second-order valence-corrected chi connectivity index (χ2v) is 6.11. The number of nitrogens with two attached hydrogens (primary N) is 1. The maximum Gasteiger partial charge on any atom is 0.0426 e. The molecule has 0 unspecified atom stereocenters. The Morgan fingerprint density at radius 2 is 2.00 bits per heavy atom. The molecule has 2 rings (SSSR count). The van der Waals surface area contributed by atoms with Gasteiger partial charge in [-0.05, 0) is 50.6 Å². The van der Waals surface area contributed by atoms with Crippen LogP contribution in [0.15, 0.2) is 18.2 Å². The van der Waals surface area contributed by atoms with Crippen LogP contribution in [0, 0.1) is 5.92 Å². The number of anilines is 1. The predicted octanol–water partition coefficient (Wildman–Crippen LogP) is 2.58. The second kappa shape index (κ2) is 6.60. The molecule has 0 bridgehead atoms. The van der Waals surface area contributed by atoms with Crippen LogP contribution in [-0.4, -0.2) is 38.6 Å². The monoisotopic (exact) mass is 281 g/mol. The van der Waals surface area contributed by atoms with E-state index in [-0.39, 0.29) is 0 Å². The van der Waals surface area contributed by atoms with Crippen molar-refractivity contribution in [3.05, 3.63) is 28.8 Å². The van der Waals surface area contributed by atoms with Gasteiger partial charge in [-0.2, -0.15) is 0 Å². The summed E-state index contributed by atoms with van der Waals surface area (Å²) in [5, 5.41) is 0.794. The summed E-state index contributed by atoms with van der Waals surface area (Å²) in [7, 11) is 4.30. The quantitative estimate of drug-likeness (QED) is 0.921. The van der Waals surface area contributed by atoms with Crippen molar-refractivity contribution in [1.29, 1.82) is 0 Å². The highest BCUT2D eigenvalue weighted by Crippen LogP contribution is 2.29. The van der Waals surface area contributed by atoms with Gasteiger partial charge in [0.05, 0.1) is 0 Å². The van der Waals surface area contributed by atoms with Crippen molar-refractivity contribution in [2.24, 2.45) is 11.7 Å². The van der Waals surface area contributed by atoms with Gasteiger partial charge in [0.25, 0.3) is 0 Å². The van der Waals surface area contributed by atoms with Crippen LogP contribution in [0.4, 0.5) is 5.69 Å². The number of benzene rings is 1. The average Bonchev–Trinajstić information content (AvgIpc) is 2.39. The molecule has 0 amide bonds. The summed E-state index contributed by atoms with van der Waals surface area (Å²) in [6, 6.07) is 6.02. The molecule has 1 aromatic carbocycles. The summed E-state index contributed by atoms with van der Waals surface area (Å²) in [6.45, 7) is 3.97. The smallest absolute Gasteiger partial charge is 0.0426 e. The van der Waals surface area contributed by atoms with Gasteiger partial charge in [0, 0.05) is 36.9 Å². The molecule has 19 heavy (non-hydrogen) atoms. The molecule has 3 nitrogen and oxygen atoms in total. The van der Waals surface area contributed by atoms with Crippen LogP contribution in [0.1, 0.15) is 18.4 Å². The zero-order valence-electron chi connectivity index (χ0n) is 11.9. The summed E-state index contributed by atoms with van der Waals surface area (Å²) in [5.74, 6) is 0.812. The van der Waals surface area contributed by atoms with E-state index < -0.39 is 0 Å². The fraction of sp³-hybridized carbons (Fsp3) is 0.600. The molecule has 4 heteroatoms. The van der Waals surface area contributed by atoms with E-state index in [1.807, 2.05) is 12.1 Å². The third-order valence-corrected chi connectivity index (χ3v) is 4.08.